The molecule has 3 rings (SSSR count). The molecule has 1 unspecified atom stereocenters. The molecule has 8 nitrogen and oxygen atoms in total. The quantitative estimate of drug-likeness (QED) is 0.626. The molecular formula is C16H26N8. The molecule has 1 atom stereocenters. The third-order valence-electron chi connectivity index (χ3n) is 4.15. The molecule has 3 heterocycles. The number of rotatable bonds is 5. The molecule has 0 saturated heterocycles. The second-order valence-electron chi connectivity index (χ2n) is 6.55. The van der Waals surface area contributed by atoms with Gasteiger partial charge in [0.1, 0.15) is 18.0 Å². The predicted molar refractivity (Wildman–Crippen MR) is 92.5 cm³/mol. The standard InChI is InChI=1S/C16H26N8/c1-12(2)9-23-7-6-18-15(23)8-19-16(17-3)22-13-4-5-14-20-11-21-24(14)10-13/h6-7,11-13H,4-5,8-10H2,1-3H3,(H2,17,19,22). The highest BCUT2D eigenvalue weighted by Crippen LogP contribution is 2.11. The average molecular weight is 330 g/mol. The third kappa shape index (κ3) is 3.93. The molecule has 130 valence electrons. The van der Waals surface area contributed by atoms with Crippen LogP contribution in [0.3, 0.4) is 0 Å². The van der Waals surface area contributed by atoms with E-state index < -0.39 is 0 Å². The van der Waals surface area contributed by atoms with Gasteiger partial charge in [0.15, 0.2) is 5.96 Å². The van der Waals surface area contributed by atoms with Crippen LogP contribution in [0.2, 0.25) is 0 Å². The van der Waals surface area contributed by atoms with Crippen LogP contribution in [0.15, 0.2) is 23.7 Å². The maximum Gasteiger partial charge on any atom is 0.191 e. The molecule has 0 radical (unpaired) electrons. The van der Waals surface area contributed by atoms with Crippen molar-refractivity contribution >= 4 is 5.96 Å². The lowest BCUT2D eigenvalue weighted by Crippen LogP contribution is -2.47. The number of aromatic nitrogens is 5. The van der Waals surface area contributed by atoms with Gasteiger partial charge in [-0.15, -0.1) is 0 Å². The number of aryl methyl sites for hydroxylation is 1. The molecule has 0 amide bonds. The van der Waals surface area contributed by atoms with E-state index in [1.54, 1.807) is 13.4 Å². The highest BCUT2D eigenvalue weighted by molar-refractivity contribution is 5.79. The smallest absolute Gasteiger partial charge is 0.191 e. The number of hydrogen-bond acceptors (Lipinski definition) is 4. The Hall–Kier alpha value is -2.38. The fourth-order valence-corrected chi connectivity index (χ4v) is 2.97. The van der Waals surface area contributed by atoms with Crippen LogP contribution in [-0.4, -0.2) is 43.4 Å². The SMILES string of the molecule is CN=C(NCc1nccn1CC(C)C)NC1CCc2ncnn2C1. The average Bonchev–Trinajstić information content (AvgIpc) is 3.19. The van der Waals surface area contributed by atoms with E-state index in [0.29, 0.717) is 18.5 Å². The Morgan fingerprint density at radius 3 is 3.08 bits per heavy atom. The first-order chi connectivity index (χ1) is 11.7. The number of imidazole rings is 1. The fourth-order valence-electron chi connectivity index (χ4n) is 2.97. The molecule has 0 aromatic carbocycles. The van der Waals surface area contributed by atoms with Gasteiger partial charge in [0, 0.05) is 38.4 Å². The topological polar surface area (TPSA) is 84.9 Å². The first-order valence-electron chi connectivity index (χ1n) is 8.49. The minimum absolute atomic E-state index is 0.306. The van der Waals surface area contributed by atoms with E-state index in [4.69, 9.17) is 0 Å². The summed E-state index contributed by atoms with van der Waals surface area (Å²) < 4.78 is 4.15. The number of nitrogens with one attached hydrogen (secondary N) is 2. The Morgan fingerprint density at radius 1 is 1.42 bits per heavy atom. The van der Waals surface area contributed by atoms with Gasteiger partial charge in [-0.1, -0.05) is 13.8 Å². The van der Waals surface area contributed by atoms with Gasteiger partial charge in [-0.05, 0) is 12.3 Å². The normalized spacial score (nSPS) is 17.8. The van der Waals surface area contributed by atoms with Crippen LogP contribution in [-0.2, 0) is 26.1 Å². The first kappa shape index (κ1) is 16.5. The zero-order chi connectivity index (χ0) is 16.9. The molecule has 2 aromatic heterocycles. The summed E-state index contributed by atoms with van der Waals surface area (Å²) in [5.41, 5.74) is 0. The molecule has 2 N–H and O–H groups in total. The summed E-state index contributed by atoms with van der Waals surface area (Å²) in [6, 6.07) is 0.306. The van der Waals surface area contributed by atoms with Crippen LogP contribution >= 0.6 is 0 Å². The van der Waals surface area contributed by atoms with E-state index in [9.17, 15) is 0 Å². The van der Waals surface area contributed by atoms with E-state index in [1.807, 2.05) is 17.1 Å². The zero-order valence-electron chi connectivity index (χ0n) is 14.6. The summed E-state index contributed by atoms with van der Waals surface area (Å²) in [7, 11) is 1.79. The van der Waals surface area contributed by atoms with Gasteiger partial charge in [0.2, 0.25) is 0 Å². The van der Waals surface area contributed by atoms with E-state index in [0.717, 1.165) is 43.5 Å². The van der Waals surface area contributed by atoms with Crippen molar-refractivity contribution < 1.29 is 0 Å². The monoisotopic (exact) mass is 330 g/mol. The molecule has 1 aliphatic rings. The van der Waals surface area contributed by atoms with Crippen molar-refractivity contribution in [1.82, 2.24) is 34.9 Å². The van der Waals surface area contributed by atoms with Crippen LogP contribution < -0.4 is 10.6 Å². The van der Waals surface area contributed by atoms with Crippen molar-refractivity contribution in [3.05, 3.63) is 30.4 Å². The Balaban J connectivity index is 1.54. The third-order valence-corrected chi connectivity index (χ3v) is 4.15. The summed E-state index contributed by atoms with van der Waals surface area (Å²) in [5, 5.41) is 11.1. The van der Waals surface area contributed by atoms with Crippen molar-refractivity contribution in [3.63, 3.8) is 0 Å². The number of guanidine groups is 1. The highest BCUT2D eigenvalue weighted by Gasteiger charge is 2.20. The lowest BCUT2D eigenvalue weighted by Gasteiger charge is -2.25. The highest BCUT2D eigenvalue weighted by atomic mass is 15.4. The molecule has 0 bridgehead atoms. The van der Waals surface area contributed by atoms with Gasteiger partial charge in [-0.25, -0.2) is 14.6 Å². The largest absolute Gasteiger partial charge is 0.352 e. The summed E-state index contributed by atoms with van der Waals surface area (Å²) in [4.78, 5) is 13.0. The molecular weight excluding hydrogens is 304 g/mol. The van der Waals surface area contributed by atoms with E-state index in [2.05, 4.69) is 49.1 Å². The molecule has 1 aliphatic heterocycles. The Kier molecular flexibility index (Phi) is 5.12. The van der Waals surface area contributed by atoms with E-state index in [1.165, 1.54) is 0 Å². The van der Waals surface area contributed by atoms with Crippen molar-refractivity contribution in [3.8, 4) is 0 Å². The van der Waals surface area contributed by atoms with Crippen LogP contribution in [0.1, 0.15) is 31.9 Å². The molecule has 24 heavy (non-hydrogen) atoms. The van der Waals surface area contributed by atoms with Crippen molar-refractivity contribution in [2.24, 2.45) is 10.9 Å². The van der Waals surface area contributed by atoms with Gasteiger partial charge in [-0.2, -0.15) is 5.10 Å². The van der Waals surface area contributed by atoms with Gasteiger partial charge >= 0.3 is 0 Å². The number of aliphatic imine (C=N–C) groups is 1. The molecule has 2 aromatic rings. The van der Waals surface area contributed by atoms with Gasteiger partial charge in [0.25, 0.3) is 0 Å². The maximum atomic E-state index is 4.44. The zero-order valence-corrected chi connectivity index (χ0v) is 14.6. The predicted octanol–water partition coefficient (Wildman–Crippen LogP) is 0.811. The number of fused-ring (bicyclic) bond motifs is 1. The van der Waals surface area contributed by atoms with Crippen molar-refractivity contribution in [2.75, 3.05) is 7.05 Å². The molecule has 0 spiro atoms. The van der Waals surface area contributed by atoms with Crippen LogP contribution in [0.5, 0.6) is 0 Å². The van der Waals surface area contributed by atoms with E-state index >= 15 is 0 Å². The van der Waals surface area contributed by atoms with Crippen LogP contribution in [0.4, 0.5) is 0 Å². The Bertz CT molecular complexity index is 684. The van der Waals surface area contributed by atoms with Gasteiger partial charge in [-0.3, -0.25) is 4.99 Å². The van der Waals surface area contributed by atoms with E-state index in [-0.39, 0.29) is 0 Å². The molecule has 8 heteroatoms. The lowest BCUT2D eigenvalue weighted by atomic mass is 10.1. The number of hydrogen-bond donors (Lipinski definition) is 2. The van der Waals surface area contributed by atoms with Gasteiger partial charge < -0.3 is 15.2 Å². The molecule has 0 aliphatic carbocycles. The summed E-state index contributed by atoms with van der Waals surface area (Å²) >= 11 is 0. The Labute approximate surface area is 142 Å². The minimum Gasteiger partial charge on any atom is -0.352 e. The summed E-state index contributed by atoms with van der Waals surface area (Å²) in [6.07, 6.45) is 7.47. The lowest BCUT2D eigenvalue weighted by molar-refractivity contribution is 0.392. The second-order valence-corrected chi connectivity index (χ2v) is 6.55. The van der Waals surface area contributed by atoms with Crippen LogP contribution in [0, 0.1) is 5.92 Å². The summed E-state index contributed by atoms with van der Waals surface area (Å²) in [6.45, 7) is 6.86. The van der Waals surface area contributed by atoms with Crippen LogP contribution in [0.25, 0.3) is 0 Å². The Morgan fingerprint density at radius 2 is 2.29 bits per heavy atom. The first-order valence-corrected chi connectivity index (χ1v) is 8.49. The second kappa shape index (κ2) is 7.46. The van der Waals surface area contributed by atoms with Crippen molar-refractivity contribution in [1.29, 1.82) is 0 Å². The summed E-state index contributed by atoms with van der Waals surface area (Å²) in [5.74, 6) is 3.47. The number of nitrogens with zero attached hydrogens (tertiary/aromatic N) is 6. The molecule has 0 saturated carbocycles. The minimum atomic E-state index is 0.306. The fraction of sp³-hybridized carbons (Fsp3) is 0.625. The van der Waals surface area contributed by atoms with Gasteiger partial charge in [0.05, 0.1) is 13.1 Å². The maximum absolute atomic E-state index is 4.44. The van der Waals surface area contributed by atoms with Crippen molar-refractivity contribution in [2.45, 2.75) is 52.4 Å². The molecule has 0 fully saturated rings.